The molecule has 1 aliphatic rings. The van der Waals surface area contributed by atoms with Gasteiger partial charge < -0.3 is 4.74 Å². The molecule has 1 N–H and O–H groups in total. The van der Waals surface area contributed by atoms with E-state index in [1.807, 2.05) is 23.6 Å². The van der Waals surface area contributed by atoms with Gasteiger partial charge in [-0.1, -0.05) is 41.7 Å². The van der Waals surface area contributed by atoms with E-state index in [1.54, 1.807) is 30.4 Å². The number of rotatable bonds is 3. The molecule has 2 heterocycles. The average Bonchev–Trinajstić information content (AvgIpc) is 3.14. The van der Waals surface area contributed by atoms with E-state index in [9.17, 15) is 9.59 Å². The third-order valence-electron chi connectivity index (χ3n) is 3.71. The van der Waals surface area contributed by atoms with Crippen molar-refractivity contribution in [2.75, 3.05) is 11.9 Å². The molecule has 4 rings (SSSR count). The summed E-state index contributed by atoms with van der Waals surface area (Å²) >= 11 is 4.77. The summed E-state index contributed by atoms with van der Waals surface area (Å²) in [7, 11) is 0. The Balaban J connectivity index is 1.53. The van der Waals surface area contributed by atoms with Gasteiger partial charge in [-0.3, -0.25) is 10.1 Å². The Kier molecular flexibility index (Phi) is 5.20. The number of anilines is 1. The number of carbonyl (C=O) groups excluding carboxylic acids is 2. The number of carbonyl (C=O) groups is 2. The van der Waals surface area contributed by atoms with Crippen LogP contribution in [0.5, 0.6) is 0 Å². The first kappa shape index (κ1) is 18.1. The van der Waals surface area contributed by atoms with Gasteiger partial charge in [-0.25, -0.2) is 9.78 Å². The zero-order valence-corrected chi connectivity index (χ0v) is 16.7. The number of esters is 1. The maximum Gasteiger partial charge on any atom is 0.397 e. The van der Waals surface area contributed by atoms with E-state index in [-0.39, 0.29) is 6.61 Å². The van der Waals surface area contributed by atoms with Crippen LogP contribution in [0.3, 0.4) is 0 Å². The molecular formula is C19H14N2O3S3. The molecule has 0 aliphatic carbocycles. The minimum atomic E-state index is -0.907. The van der Waals surface area contributed by atoms with E-state index in [1.165, 1.54) is 30.9 Å². The lowest BCUT2D eigenvalue weighted by Gasteiger charge is -2.18. The van der Waals surface area contributed by atoms with Crippen LogP contribution in [0.2, 0.25) is 0 Å². The molecule has 5 nitrogen and oxygen atoms in total. The van der Waals surface area contributed by atoms with Gasteiger partial charge >= 0.3 is 11.9 Å². The van der Waals surface area contributed by atoms with E-state index in [4.69, 9.17) is 0 Å². The van der Waals surface area contributed by atoms with Crippen LogP contribution in [0, 0.1) is 0 Å². The second-order valence-electron chi connectivity index (χ2n) is 5.52. The highest BCUT2D eigenvalue weighted by molar-refractivity contribution is 8.05. The van der Waals surface area contributed by atoms with Crippen molar-refractivity contribution in [3.8, 4) is 11.3 Å². The van der Waals surface area contributed by atoms with Gasteiger partial charge in [0, 0.05) is 30.5 Å². The van der Waals surface area contributed by atoms with E-state index in [0.717, 1.165) is 11.3 Å². The number of amides is 1. The quantitative estimate of drug-likeness (QED) is 0.379. The van der Waals surface area contributed by atoms with Crippen LogP contribution in [0.4, 0.5) is 5.13 Å². The molecule has 2 aromatic carbocycles. The molecule has 0 radical (unpaired) electrons. The molecule has 1 aromatic heterocycles. The lowest BCUT2D eigenvalue weighted by atomic mass is 10.2. The van der Waals surface area contributed by atoms with Crippen LogP contribution in [0.25, 0.3) is 11.3 Å². The second kappa shape index (κ2) is 7.75. The highest BCUT2D eigenvalue weighted by Crippen LogP contribution is 2.49. The van der Waals surface area contributed by atoms with Crippen LogP contribution >= 0.6 is 34.9 Å². The van der Waals surface area contributed by atoms with Gasteiger partial charge in [-0.15, -0.1) is 11.3 Å². The van der Waals surface area contributed by atoms with E-state index in [2.05, 4.69) is 39.3 Å². The number of ether oxygens (including phenoxy) is 1. The van der Waals surface area contributed by atoms with E-state index >= 15 is 0 Å². The summed E-state index contributed by atoms with van der Waals surface area (Å²) in [5, 5.41) is 4.70. The number of nitrogens with one attached hydrogen (secondary N) is 1. The molecule has 1 amide bonds. The third kappa shape index (κ3) is 3.87. The number of aromatic nitrogens is 1. The van der Waals surface area contributed by atoms with Gasteiger partial charge in [-0.2, -0.15) is 0 Å². The number of fused-ring (bicyclic) bond motifs is 2. The van der Waals surface area contributed by atoms with Crippen molar-refractivity contribution in [1.82, 2.24) is 4.98 Å². The number of nitrogens with zero attached hydrogens (tertiary/aromatic N) is 1. The van der Waals surface area contributed by atoms with Crippen LogP contribution in [-0.2, 0) is 14.3 Å². The number of thiazole rings is 1. The smallest absolute Gasteiger partial charge is 0.397 e. The van der Waals surface area contributed by atoms with Crippen LogP contribution in [0.1, 0.15) is 6.92 Å². The molecule has 27 heavy (non-hydrogen) atoms. The number of hydrogen-bond donors (Lipinski definition) is 1. The second-order valence-corrected chi connectivity index (χ2v) is 8.55. The molecule has 0 fully saturated rings. The first-order chi connectivity index (χ1) is 13.1. The Morgan fingerprint density at radius 2 is 1.74 bits per heavy atom. The fourth-order valence-electron chi connectivity index (χ4n) is 2.50. The molecule has 0 spiro atoms. The van der Waals surface area contributed by atoms with Crippen LogP contribution in [-0.4, -0.2) is 23.5 Å². The largest absolute Gasteiger partial charge is 0.459 e. The molecule has 0 saturated carbocycles. The summed E-state index contributed by atoms with van der Waals surface area (Å²) < 4.78 is 4.68. The Morgan fingerprint density at radius 3 is 2.48 bits per heavy atom. The predicted octanol–water partition coefficient (Wildman–Crippen LogP) is 4.93. The molecular weight excluding hydrogens is 400 g/mol. The lowest BCUT2D eigenvalue weighted by Crippen LogP contribution is -2.24. The summed E-state index contributed by atoms with van der Waals surface area (Å²) in [6.45, 7) is 1.81. The predicted molar refractivity (Wildman–Crippen MR) is 108 cm³/mol. The SMILES string of the molecule is CCOC(=O)C(=O)Nc1nc(-c2ccc3c(c2)Sc2ccccc2S3)cs1. The van der Waals surface area contributed by atoms with Gasteiger partial charge in [0.1, 0.15) is 0 Å². The number of benzene rings is 2. The lowest BCUT2D eigenvalue weighted by molar-refractivity contribution is -0.152. The zero-order chi connectivity index (χ0) is 18.8. The van der Waals surface area contributed by atoms with Gasteiger partial charge in [0.25, 0.3) is 0 Å². The number of hydrogen-bond acceptors (Lipinski definition) is 7. The fourth-order valence-corrected chi connectivity index (χ4v) is 5.46. The van der Waals surface area contributed by atoms with Crippen molar-refractivity contribution in [3.63, 3.8) is 0 Å². The monoisotopic (exact) mass is 414 g/mol. The maximum absolute atomic E-state index is 11.7. The van der Waals surface area contributed by atoms with Gasteiger partial charge in [0.2, 0.25) is 0 Å². The minimum Gasteiger partial charge on any atom is -0.459 e. The zero-order valence-electron chi connectivity index (χ0n) is 14.2. The molecule has 1 aliphatic heterocycles. The standard InChI is InChI=1S/C19H14N2O3S3/c1-2-24-18(23)17(22)21-19-20-12(10-25-19)11-7-8-15-16(9-11)27-14-6-4-3-5-13(14)26-15/h3-10H,2H2,1H3,(H,20,21,22). The van der Waals surface area contributed by atoms with Crippen molar-refractivity contribution in [1.29, 1.82) is 0 Å². The third-order valence-corrected chi connectivity index (χ3v) is 7.02. The van der Waals surface area contributed by atoms with Crippen molar-refractivity contribution in [2.45, 2.75) is 26.5 Å². The molecule has 0 unspecified atom stereocenters. The van der Waals surface area contributed by atoms with E-state index < -0.39 is 11.9 Å². The average molecular weight is 415 g/mol. The van der Waals surface area contributed by atoms with Crippen LogP contribution in [0.15, 0.2) is 67.4 Å². The maximum atomic E-state index is 11.7. The molecule has 3 aromatic rings. The summed E-state index contributed by atoms with van der Waals surface area (Å²) in [5.41, 5.74) is 1.72. The molecule has 0 atom stereocenters. The minimum absolute atomic E-state index is 0.156. The van der Waals surface area contributed by atoms with E-state index in [0.29, 0.717) is 5.13 Å². The fraction of sp³-hybridized carbons (Fsp3) is 0.105. The van der Waals surface area contributed by atoms with Crippen molar-refractivity contribution in [2.24, 2.45) is 0 Å². The normalized spacial score (nSPS) is 12.0. The summed E-state index contributed by atoms with van der Waals surface area (Å²) in [5.74, 6) is -1.72. The Labute approximate surface area is 168 Å². The highest BCUT2D eigenvalue weighted by atomic mass is 32.2. The summed E-state index contributed by atoms with van der Waals surface area (Å²) in [4.78, 5) is 32.5. The van der Waals surface area contributed by atoms with Crippen molar-refractivity contribution >= 4 is 51.9 Å². The van der Waals surface area contributed by atoms with Crippen molar-refractivity contribution < 1.29 is 14.3 Å². The first-order valence-electron chi connectivity index (χ1n) is 8.17. The van der Waals surface area contributed by atoms with Crippen molar-refractivity contribution in [3.05, 3.63) is 47.8 Å². The summed E-state index contributed by atoms with van der Waals surface area (Å²) in [6, 6.07) is 14.6. The Bertz CT molecular complexity index is 1030. The molecule has 0 saturated heterocycles. The Morgan fingerprint density at radius 1 is 1.04 bits per heavy atom. The first-order valence-corrected chi connectivity index (χ1v) is 10.7. The van der Waals surface area contributed by atoms with Gasteiger partial charge in [0.15, 0.2) is 5.13 Å². The molecule has 136 valence electrons. The Hall–Kier alpha value is -2.29. The topological polar surface area (TPSA) is 68.3 Å². The summed E-state index contributed by atoms with van der Waals surface area (Å²) in [6.07, 6.45) is 0. The highest BCUT2D eigenvalue weighted by Gasteiger charge is 2.19. The molecule has 0 bridgehead atoms. The van der Waals surface area contributed by atoms with Gasteiger partial charge in [0.05, 0.1) is 12.3 Å². The van der Waals surface area contributed by atoms with Gasteiger partial charge in [-0.05, 0) is 31.2 Å². The molecule has 8 heteroatoms. The van der Waals surface area contributed by atoms with Crippen LogP contribution < -0.4 is 5.32 Å².